The highest BCUT2D eigenvalue weighted by Gasteiger charge is 2.26. The molecular weight excluding hydrogens is 272 g/mol. The number of aryl methyl sites for hydroxylation is 1. The van der Waals surface area contributed by atoms with Crippen LogP contribution in [0.25, 0.3) is 0 Å². The third kappa shape index (κ3) is 3.49. The van der Waals surface area contributed by atoms with Gasteiger partial charge in [-0.2, -0.15) is 0 Å². The lowest BCUT2D eigenvalue weighted by Crippen LogP contribution is -2.45. The van der Waals surface area contributed by atoms with E-state index >= 15 is 0 Å². The first-order chi connectivity index (χ1) is 10.0. The molecule has 2 amide bonds. The van der Waals surface area contributed by atoms with E-state index in [9.17, 15) is 14.4 Å². The topological polar surface area (TPSA) is 97.4 Å². The van der Waals surface area contributed by atoms with E-state index in [0.717, 1.165) is 0 Å². The minimum absolute atomic E-state index is 0.0360. The van der Waals surface area contributed by atoms with E-state index in [-0.39, 0.29) is 29.8 Å². The number of rotatable bonds is 3. The maximum Gasteiger partial charge on any atom is 0.253 e. The van der Waals surface area contributed by atoms with Crippen LogP contribution in [0.5, 0.6) is 0 Å². The summed E-state index contributed by atoms with van der Waals surface area (Å²) >= 11 is 0. The van der Waals surface area contributed by atoms with Crippen molar-refractivity contribution in [1.82, 2.24) is 14.9 Å². The zero-order valence-corrected chi connectivity index (χ0v) is 12.0. The molecule has 1 saturated heterocycles. The molecule has 1 aromatic heterocycles. The van der Waals surface area contributed by atoms with Crippen LogP contribution in [0, 0.1) is 12.8 Å². The summed E-state index contributed by atoms with van der Waals surface area (Å²) in [6.07, 6.45) is 2.80. The minimum atomic E-state index is -0.183. The summed E-state index contributed by atoms with van der Waals surface area (Å²) in [6, 6.07) is 3.47. The number of nitrogens with two attached hydrogens (primary N) is 1. The van der Waals surface area contributed by atoms with Crippen molar-refractivity contribution < 1.29 is 9.59 Å². The summed E-state index contributed by atoms with van der Waals surface area (Å²) in [5.74, 6) is 4.69. The van der Waals surface area contributed by atoms with E-state index in [1.165, 1.54) is 4.57 Å². The Morgan fingerprint density at radius 3 is 2.67 bits per heavy atom. The van der Waals surface area contributed by atoms with Gasteiger partial charge in [-0.05, 0) is 25.8 Å². The van der Waals surface area contributed by atoms with Gasteiger partial charge in [0.15, 0.2) is 0 Å². The first-order valence-corrected chi connectivity index (χ1v) is 6.97. The van der Waals surface area contributed by atoms with E-state index < -0.39 is 0 Å². The molecule has 7 heteroatoms. The molecule has 2 heterocycles. The standard InChI is InChI=1S/C14H20N4O3/c1-10-3-2-6-18(14(10)21)9-12(19)17-7-4-11(5-8-17)13(20)16-15/h2-3,6,11H,4-5,7-9,15H2,1H3,(H,16,20). The van der Waals surface area contributed by atoms with Crippen LogP contribution in [-0.2, 0) is 16.1 Å². The van der Waals surface area contributed by atoms with Gasteiger partial charge in [0.05, 0.1) is 0 Å². The van der Waals surface area contributed by atoms with Gasteiger partial charge in [0.25, 0.3) is 5.56 Å². The number of pyridine rings is 1. The number of nitrogens with zero attached hydrogens (tertiary/aromatic N) is 2. The molecule has 1 aliphatic heterocycles. The summed E-state index contributed by atoms with van der Waals surface area (Å²) in [7, 11) is 0. The SMILES string of the molecule is Cc1cccn(CC(=O)N2CCC(C(=O)NN)CC2)c1=O. The van der Waals surface area contributed by atoms with E-state index in [1.807, 2.05) is 0 Å². The molecule has 0 aromatic carbocycles. The minimum Gasteiger partial charge on any atom is -0.341 e. The molecule has 0 saturated carbocycles. The molecule has 0 spiro atoms. The molecule has 1 fully saturated rings. The smallest absolute Gasteiger partial charge is 0.253 e. The molecule has 1 aromatic rings. The van der Waals surface area contributed by atoms with Crippen LogP contribution in [0.3, 0.4) is 0 Å². The average molecular weight is 292 g/mol. The Hall–Kier alpha value is -2.15. The second kappa shape index (κ2) is 6.53. The number of piperidine rings is 1. The summed E-state index contributed by atoms with van der Waals surface area (Å²) in [6.45, 7) is 2.78. The Bertz CT molecular complexity index is 588. The molecule has 0 unspecified atom stereocenters. The van der Waals surface area contributed by atoms with Gasteiger partial charge in [-0.1, -0.05) is 6.07 Å². The van der Waals surface area contributed by atoms with Crippen molar-refractivity contribution in [1.29, 1.82) is 0 Å². The predicted octanol–water partition coefficient (Wildman–Crippen LogP) is -0.615. The van der Waals surface area contributed by atoms with E-state index in [2.05, 4.69) is 5.43 Å². The van der Waals surface area contributed by atoms with Gasteiger partial charge in [-0.25, -0.2) is 5.84 Å². The Balaban J connectivity index is 1.95. The highest BCUT2D eigenvalue weighted by molar-refractivity contribution is 5.79. The molecule has 114 valence electrons. The van der Waals surface area contributed by atoms with Crippen molar-refractivity contribution >= 4 is 11.8 Å². The highest BCUT2D eigenvalue weighted by atomic mass is 16.2. The van der Waals surface area contributed by atoms with Gasteiger partial charge < -0.3 is 9.47 Å². The van der Waals surface area contributed by atoms with E-state index in [4.69, 9.17) is 5.84 Å². The second-order valence-electron chi connectivity index (χ2n) is 5.29. The zero-order chi connectivity index (χ0) is 15.4. The monoisotopic (exact) mass is 292 g/mol. The molecule has 0 bridgehead atoms. The first kappa shape index (κ1) is 15.2. The fourth-order valence-corrected chi connectivity index (χ4v) is 2.54. The van der Waals surface area contributed by atoms with E-state index in [1.54, 1.807) is 30.2 Å². The van der Waals surface area contributed by atoms with Crippen LogP contribution in [0.15, 0.2) is 23.1 Å². The predicted molar refractivity (Wildman–Crippen MR) is 77.1 cm³/mol. The number of aromatic nitrogens is 1. The van der Waals surface area contributed by atoms with Crippen molar-refractivity contribution in [2.45, 2.75) is 26.3 Å². The largest absolute Gasteiger partial charge is 0.341 e. The lowest BCUT2D eigenvalue weighted by molar-refractivity contribution is -0.136. The molecule has 3 N–H and O–H groups in total. The van der Waals surface area contributed by atoms with Gasteiger partial charge in [0.2, 0.25) is 11.8 Å². The summed E-state index contributed by atoms with van der Waals surface area (Å²) in [5, 5.41) is 0. The first-order valence-electron chi connectivity index (χ1n) is 6.97. The summed E-state index contributed by atoms with van der Waals surface area (Å²) < 4.78 is 1.41. The number of amides is 2. The fraction of sp³-hybridized carbons (Fsp3) is 0.500. The molecule has 0 atom stereocenters. The van der Waals surface area contributed by atoms with Crippen LogP contribution in [0.1, 0.15) is 18.4 Å². The molecule has 7 nitrogen and oxygen atoms in total. The van der Waals surface area contributed by atoms with Gasteiger partial charge in [-0.3, -0.25) is 19.8 Å². The molecule has 0 aliphatic carbocycles. The van der Waals surface area contributed by atoms with Crippen molar-refractivity contribution in [3.05, 3.63) is 34.2 Å². The third-order valence-corrected chi connectivity index (χ3v) is 3.88. The van der Waals surface area contributed by atoms with Crippen LogP contribution in [-0.4, -0.2) is 34.4 Å². The maximum absolute atomic E-state index is 12.2. The van der Waals surface area contributed by atoms with Crippen LogP contribution in [0.2, 0.25) is 0 Å². The van der Waals surface area contributed by atoms with E-state index in [0.29, 0.717) is 31.5 Å². The highest BCUT2D eigenvalue weighted by Crippen LogP contribution is 2.17. The van der Waals surface area contributed by atoms with Crippen LogP contribution >= 0.6 is 0 Å². The lowest BCUT2D eigenvalue weighted by atomic mass is 9.96. The number of hydrogen-bond acceptors (Lipinski definition) is 4. The van der Waals surface area contributed by atoms with Crippen LogP contribution < -0.4 is 16.8 Å². The molecule has 1 aliphatic rings. The second-order valence-corrected chi connectivity index (χ2v) is 5.29. The van der Waals surface area contributed by atoms with Crippen molar-refractivity contribution in [3.8, 4) is 0 Å². The maximum atomic E-state index is 12.2. The molecule has 21 heavy (non-hydrogen) atoms. The number of likely N-dealkylation sites (tertiary alicyclic amines) is 1. The number of hydrogen-bond donors (Lipinski definition) is 2. The van der Waals surface area contributed by atoms with Crippen molar-refractivity contribution in [2.24, 2.45) is 11.8 Å². The fourth-order valence-electron chi connectivity index (χ4n) is 2.54. The van der Waals surface area contributed by atoms with Gasteiger partial charge in [0.1, 0.15) is 6.54 Å². The third-order valence-electron chi connectivity index (χ3n) is 3.88. The Morgan fingerprint density at radius 2 is 2.05 bits per heavy atom. The summed E-state index contributed by atoms with van der Waals surface area (Å²) in [4.78, 5) is 37.2. The Morgan fingerprint density at radius 1 is 1.38 bits per heavy atom. The van der Waals surface area contributed by atoms with Crippen molar-refractivity contribution in [2.75, 3.05) is 13.1 Å². The number of carbonyl (C=O) groups is 2. The van der Waals surface area contributed by atoms with Crippen LogP contribution in [0.4, 0.5) is 0 Å². The molecule has 2 rings (SSSR count). The Kier molecular flexibility index (Phi) is 4.74. The lowest BCUT2D eigenvalue weighted by Gasteiger charge is -2.31. The van der Waals surface area contributed by atoms with Crippen molar-refractivity contribution in [3.63, 3.8) is 0 Å². The van der Waals surface area contributed by atoms with Gasteiger partial charge in [-0.15, -0.1) is 0 Å². The molecule has 0 radical (unpaired) electrons. The normalized spacial score (nSPS) is 15.8. The number of carbonyl (C=O) groups excluding carboxylic acids is 2. The average Bonchev–Trinajstić information content (AvgIpc) is 2.51. The molecular formula is C14H20N4O3. The Labute approximate surface area is 122 Å². The van der Waals surface area contributed by atoms with Gasteiger partial charge >= 0.3 is 0 Å². The zero-order valence-electron chi connectivity index (χ0n) is 12.0. The quantitative estimate of drug-likeness (QED) is 0.441. The number of hydrazine groups is 1. The summed E-state index contributed by atoms with van der Waals surface area (Å²) in [5.41, 5.74) is 2.61. The van der Waals surface area contributed by atoms with Gasteiger partial charge in [0, 0.05) is 30.8 Å². The number of nitrogens with one attached hydrogen (secondary N) is 1.